The molecule has 1 atom stereocenters. The largest absolute Gasteiger partial charge is 0.327 e. The number of aromatic nitrogens is 1. The lowest BCUT2D eigenvalue weighted by Crippen LogP contribution is -2.30. The molecule has 0 aliphatic heterocycles. The van der Waals surface area contributed by atoms with Crippen LogP contribution in [0.15, 0.2) is 5.38 Å². The first-order valence-electron chi connectivity index (χ1n) is 5.42. The summed E-state index contributed by atoms with van der Waals surface area (Å²) in [5.41, 5.74) is 7.37. The zero-order valence-corrected chi connectivity index (χ0v) is 9.52. The highest BCUT2D eigenvalue weighted by molar-refractivity contribution is 7.09. The van der Waals surface area contributed by atoms with Crippen LogP contribution in [0, 0.1) is 12.8 Å². The van der Waals surface area contributed by atoms with E-state index in [-0.39, 0.29) is 0 Å². The third kappa shape index (κ3) is 2.34. The van der Waals surface area contributed by atoms with Crippen molar-refractivity contribution in [1.82, 2.24) is 4.98 Å². The Morgan fingerprint density at radius 1 is 1.57 bits per heavy atom. The van der Waals surface area contributed by atoms with Gasteiger partial charge in [0.25, 0.3) is 0 Å². The van der Waals surface area contributed by atoms with Gasteiger partial charge in [-0.2, -0.15) is 0 Å². The molecule has 1 aromatic rings. The van der Waals surface area contributed by atoms with Crippen LogP contribution in [0.1, 0.15) is 36.4 Å². The molecule has 0 spiro atoms. The van der Waals surface area contributed by atoms with E-state index in [9.17, 15) is 0 Å². The molecule has 1 aromatic heterocycles. The van der Waals surface area contributed by atoms with E-state index in [1.807, 2.05) is 0 Å². The standard InChI is InChI=1S/C11H18N2S/c1-8-13-10(7-14-8)6-11(12)9-4-2-3-5-9/h7,9,11H,2-6,12H2,1H3. The molecule has 14 heavy (non-hydrogen) atoms. The number of thiazole rings is 1. The molecular formula is C11H18N2S. The SMILES string of the molecule is Cc1nc(CC(N)C2CCCC2)cs1. The molecule has 2 rings (SSSR count). The van der Waals surface area contributed by atoms with Crippen LogP contribution in [0.5, 0.6) is 0 Å². The van der Waals surface area contributed by atoms with Crippen LogP contribution < -0.4 is 5.73 Å². The molecule has 0 radical (unpaired) electrons. The number of aryl methyl sites for hydroxylation is 1. The van der Waals surface area contributed by atoms with Gasteiger partial charge in [-0.25, -0.2) is 4.98 Å². The molecule has 0 saturated heterocycles. The van der Waals surface area contributed by atoms with Crippen molar-refractivity contribution in [2.45, 2.75) is 45.1 Å². The van der Waals surface area contributed by atoms with Gasteiger partial charge in [-0.3, -0.25) is 0 Å². The predicted octanol–water partition coefficient (Wildman–Crippen LogP) is 2.51. The van der Waals surface area contributed by atoms with Gasteiger partial charge >= 0.3 is 0 Å². The highest BCUT2D eigenvalue weighted by Crippen LogP contribution is 2.28. The maximum atomic E-state index is 6.18. The van der Waals surface area contributed by atoms with Crippen LogP contribution in [0.3, 0.4) is 0 Å². The van der Waals surface area contributed by atoms with Gasteiger partial charge in [0.15, 0.2) is 0 Å². The molecule has 2 N–H and O–H groups in total. The van der Waals surface area contributed by atoms with E-state index >= 15 is 0 Å². The Morgan fingerprint density at radius 2 is 2.29 bits per heavy atom. The van der Waals surface area contributed by atoms with Gasteiger partial charge in [0.2, 0.25) is 0 Å². The van der Waals surface area contributed by atoms with Crippen molar-refractivity contribution in [3.05, 3.63) is 16.1 Å². The maximum absolute atomic E-state index is 6.18. The molecule has 0 bridgehead atoms. The second-order valence-corrected chi connectivity index (χ2v) is 5.33. The Labute approximate surface area is 89.5 Å². The summed E-state index contributed by atoms with van der Waals surface area (Å²) >= 11 is 1.72. The van der Waals surface area contributed by atoms with Gasteiger partial charge in [0.05, 0.1) is 10.7 Å². The number of rotatable bonds is 3. The fourth-order valence-corrected chi connectivity index (χ4v) is 2.92. The van der Waals surface area contributed by atoms with E-state index in [1.165, 1.54) is 31.4 Å². The first-order chi connectivity index (χ1) is 6.75. The highest BCUT2D eigenvalue weighted by atomic mass is 32.1. The van der Waals surface area contributed by atoms with E-state index in [4.69, 9.17) is 5.73 Å². The first kappa shape index (κ1) is 10.1. The number of hydrogen-bond donors (Lipinski definition) is 1. The lowest BCUT2D eigenvalue weighted by molar-refractivity contribution is 0.427. The molecule has 0 amide bonds. The van der Waals surface area contributed by atoms with Gasteiger partial charge in [0.1, 0.15) is 0 Å². The Morgan fingerprint density at radius 3 is 2.86 bits per heavy atom. The maximum Gasteiger partial charge on any atom is 0.0897 e. The molecule has 3 heteroatoms. The van der Waals surface area contributed by atoms with Gasteiger partial charge in [-0.05, 0) is 25.7 Å². The lowest BCUT2D eigenvalue weighted by atomic mass is 9.95. The second-order valence-electron chi connectivity index (χ2n) is 4.27. The summed E-state index contributed by atoms with van der Waals surface area (Å²) in [6, 6.07) is 0.332. The minimum atomic E-state index is 0.332. The van der Waals surface area contributed by atoms with Crippen LogP contribution in [0.4, 0.5) is 0 Å². The minimum Gasteiger partial charge on any atom is -0.327 e. The van der Waals surface area contributed by atoms with Crippen LogP contribution in [-0.4, -0.2) is 11.0 Å². The number of nitrogens with two attached hydrogens (primary N) is 1. The summed E-state index contributed by atoms with van der Waals surface area (Å²) < 4.78 is 0. The van der Waals surface area contributed by atoms with Crippen LogP contribution in [0.2, 0.25) is 0 Å². The average molecular weight is 210 g/mol. The summed E-state index contributed by atoms with van der Waals surface area (Å²) in [6.45, 7) is 2.05. The lowest BCUT2D eigenvalue weighted by Gasteiger charge is -2.17. The quantitative estimate of drug-likeness (QED) is 0.832. The Hall–Kier alpha value is -0.410. The van der Waals surface area contributed by atoms with E-state index in [2.05, 4.69) is 17.3 Å². The number of nitrogens with zero attached hydrogens (tertiary/aromatic N) is 1. The normalized spacial score (nSPS) is 20.1. The summed E-state index contributed by atoms with van der Waals surface area (Å²) in [4.78, 5) is 4.46. The molecule has 2 nitrogen and oxygen atoms in total. The Balaban J connectivity index is 1.90. The van der Waals surface area contributed by atoms with E-state index in [0.29, 0.717) is 6.04 Å². The second kappa shape index (κ2) is 4.41. The summed E-state index contributed by atoms with van der Waals surface area (Å²) in [5.74, 6) is 0.747. The highest BCUT2D eigenvalue weighted by Gasteiger charge is 2.22. The molecule has 1 aliphatic rings. The van der Waals surface area contributed by atoms with Crippen molar-refractivity contribution in [3.8, 4) is 0 Å². The molecule has 1 fully saturated rings. The average Bonchev–Trinajstić information content (AvgIpc) is 2.75. The topological polar surface area (TPSA) is 38.9 Å². The first-order valence-corrected chi connectivity index (χ1v) is 6.30. The van der Waals surface area contributed by atoms with Crippen molar-refractivity contribution >= 4 is 11.3 Å². The fourth-order valence-electron chi connectivity index (χ4n) is 2.30. The predicted molar refractivity (Wildman–Crippen MR) is 60.5 cm³/mol. The zero-order chi connectivity index (χ0) is 9.97. The van der Waals surface area contributed by atoms with Crippen LogP contribution in [-0.2, 0) is 6.42 Å². The molecule has 78 valence electrons. The third-order valence-corrected chi connectivity index (χ3v) is 3.94. The van der Waals surface area contributed by atoms with E-state index in [1.54, 1.807) is 11.3 Å². The minimum absolute atomic E-state index is 0.332. The Bertz CT molecular complexity index is 289. The monoisotopic (exact) mass is 210 g/mol. The summed E-state index contributed by atoms with van der Waals surface area (Å²) in [7, 11) is 0. The van der Waals surface area contributed by atoms with Gasteiger partial charge in [-0.15, -0.1) is 11.3 Å². The number of hydrogen-bond acceptors (Lipinski definition) is 3. The fraction of sp³-hybridized carbons (Fsp3) is 0.727. The van der Waals surface area contributed by atoms with E-state index in [0.717, 1.165) is 17.3 Å². The molecule has 1 aliphatic carbocycles. The van der Waals surface area contributed by atoms with Crippen molar-refractivity contribution in [2.24, 2.45) is 11.7 Å². The molecular weight excluding hydrogens is 192 g/mol. The van der Waals surface area contributed by atoms with Crippen molar-refractivity contribution in [2.75, 3.05) is 0 Å². The zero-order valence-electron chi connectivity index (χ0n) is 8.70. The summed E-state index contributed by atoms with van der Waals surface area (Å²) in [5, 5.41) is 3.29. The van der Waals surface area contributed by atoms with Gasteiger partial charge < -0.3 is 5.73 Å². The van der Waals surface area contributed by atoms with Crippen molar-refractivity contribution < 1.29 is 0 Å². The van der Waals surface area contributed by atoms with Gasteiger partial charge in [0, 0.05) is 17.8 Å². The van der Waals surface area contributed by atoms with Crippen molar-refractivity contribution in [3.63, 3.8) is 0 Å². The van der Waals surface area contributed by atoms with Crippen LogP contribution >= 0.6 is 11.3 Å². The van der Waals surface area contributed by atoms with Gasteiger partial charge in [-0.1, -0.05) is 12.8 Å². The molecule has 1 heterocycles. The van der Waals surface area contributed by atoms with Crippen LogP contribution in [0.25, 0.3) is 0 Å². The van der Waals surface area contributed by atoms with Crippen molar-refractivity contribution in [1.29, 1.82) is 0 Å². The molecule has 0 aromatic carbocycles. The Kier molecular flexibility index (Phi) is 3.19. The molecule has 1 saturated carbocycles. The third-order valence-electron chi connectivity index (χ3n) is 3.12. The molecule has 1 unspecified atom stereocenters. The summed E-state index contributed by atoms with van der Waals surface area (Å²) in [6.07, 6.45) is 6.35. The smallest absolute Gasteiger partial charge is 0.0897 e. The van der Waals surface area contributed by atoms with E-state index < -0.39 is 0 Å².